The second kappa shape index (κ2) is 4.44. The van der Waals surface area contributed by atoms with E-state index in [4.69, 9.17) is 5.26 Å². The molecule has 0 aromatic carbocycles. The molecule has 0 rings (SSSR count). The van der Waals surface area contributed by atoms with Crippen LogP contribution in [0.4, 0.5) is 0 Å². The highest BCUT2D eigenvalue weighted by Gasteiger charge is 2.20. The Bertz CT molecular complexity index is 166. The van der Waals surface area contributed by atoms with Gasteiger partial charge in [0.1, 0.15) is 0 Å². The lowest BCUT2D eigenvalue weighted by atomic mass is 10.1. The third-order valence-electron chi connectivity index (χ3n) is 1.73. The zero-order valence-electron chi connectivity index (χ0n) is 8.33. The molecule has 0 bridgehead atoms. The first-order valence-corrected chi connectivity index (χ1v) is 4.26. The highest BCUT2D eigenvalue weighted by atomic mass is 16.3. The van der Waals surface area contributed by atoms with E-state index in [9.17, 15) is 5.11 Å². The summed E-state index contributed by atoms with van der Waals surface area (Å²) in [5, 5.41) is 18.2. The summed E-state index contributed by atoms with van der Waals surface area (Å²) in [5.41, 5.74) is -0.721. The normalized spacial score (nSPS) is 14.4. The molecule has 3 nitrogen and oxygen atoms in total. The molecule has 0 aromatic rings. The van der Waals surface area contributed by atoms with Crippen LogP contribution in [0.1, 0.15) is 27.7 Å². The molecule has 1 N–H and O–H groups in total. The Hall–Kier alpha value is -0.590. The summed E-state index contributed by atoms with van der Waals surface area (Å²) in [4.78, 5) is 1.94. The van der Waals surface area contributed by atoms with E-state index in [-0.39, 0.29) is 6.04 Å². The molecule has 0 aromatic heterocycles. The first-order valence-electron chi connectivity index (χ1n) is 4.26. The predicted molar refractivity (Wildman–Crippen MR) is 48.6 cm³/mol. The quantitative estimate of drug-likeness (QED) is 0.684. The van der Waals surface area contributed by atoms with E-state index in [0.717, 1.165) is 6.54 Å². The van der Waals surface area contributed by atoms with Crippen LogP contribution >= 0.6 is 0 Å². The van der Waals surface area contributed by atoms with E-state index in [2.05, 4.69) is 6.07 Å². The molecule has 70 valence electrons. The fourth-order valence-electron chi connectivity index (χ4n) is 1.10. The van der Waals surface area contributed by atoms with Crippen molar-refractivity contribution in [2.24, 2.45) is 0 Å². The van der Waals surface area contributed by atoms with Crippen molar-refractivity contribution in [3.05, 3.63) is 0 Å². The fourth-order valence-corrected chi connectivity index (χ4v) is 1.10. The van der Waals surface area contributed by atoms with Crippen molar-refractivity contribution in [3.63, 3.8) is 0 Å². The standard InChI is InChI=1S/C9H18N2O/c1-5-11(8(2)6-10)7-9(3,4)12/h8,12H,5,7H2,1-4H3. The highest BCUT2D eigenvalue weighted by Crippen LogP contribution is 2.07. The predicted octanol–water partition coefficient (Wildman–Crippen LogP) is 0.991. The smallest absolute Gasteiger partial charge is 0.0950 e. The molecule has 0 saturated heterocycles. The van der Waals surface area contributed by atoms with Crippen LogP contribution < -0.4 is 0 Å². The first kappa shape index (κ1) is 11.4. The van der Waals surface area contributed by atoms with Crippen LogP contribution in [0.3, 0.4) is 0 Å². The minimum Gasteiger partial charge on any atom is -0.389 e. The minimum atomic E-state index is -0.721. The average Bonchev–Trinajstić information content (AvgIpc) is 1.97. The molecule has 0 aliphatic rings. The maximum Gasteiger partial charge on any atom is 0.0950 e. The van der Waals surface area contributed by atoms with E-state index in [0.29, 0.717) is 6.54 Å². The molecule has 1 unspecified atom stereocenters. The SMILES string of the molecule is CCN(CC(C)(C)O)C(C)C#N. The molecule has 0 spiro atoms. The van der Waals surface area contributed by atoms with Crippen LogP contribution in [-0.2, 0) is 0 Å². The maximum atomic E-state index is 9.51. The van der Waals surface area contributed by atoms with Gasteiger partial charge in [-0.05, 0) is 27.3 Å². The number of likely N-dealkylation sites (N-methyl/N-ethyl adjacent to an activating group) is 1. The van der Waals surface area contributed by atoms with Crippen molar-refractivity contribution in [1.29, 1.82) is 5.26 Å². The summed E-state index contributed by atoms with van der Waals surface area (Å²) in [7, 11) is 0. The van der Waals surface area contributed by atoms with Gasteiger partial charge in [0, 0.05) is 6.54 Å². The van der Waals surface area contributed by atoms with Gasteiger partial charge in [-0.1, -0.05) is 6.92 Å². The van der Waals surface area contributed by atoms with Crippen LogP contribution in [0.15, 0.2) is 0 Å². The molecule has 0 heterocycles. The fraction of sp³-hybridized carbons (Fsp3) is 0.889. The van der Waals surface area contributed by atoms with E-state index < -0.39 is 5.60 Å². The molecule has 0 aliphatic heterocycles. The Labute approximate surface area is 74.6 Å². The van der Waals surface area contributed by atoms with Crippen molar-refractivity contribution in [1.82, 2.24) is 4.90 Å². The molecule has 1 atom stereocenters. The lowest BCUT2D eigenvalue weighted by Crippen LogP contribution is -2.42. The van der Waals surface area contributed by atoms with Crippen LogP contribution in [0, 0.1) is 11.3 Å². The third-order valence-corrected chi connectivity index (χ3v) is 1.73. The largest absolute Gasteiger partial charge is 0.389 e. The number of aliphatic hydroxyl groups is 1. The van der Waals surface area contributed by atoms with Gasteiger partial charge in [-0.25, -0.2) is 0 Å². The van der Waals surface area contributed by atoms with Crippen LogP contribution in [-0.4, -0.2) is 34.7 Å². The summed E-state index contributed by atoms with van der Waals surface area (Å²) in [5.74, 6) is 0. The van der Waals surface area contributed by atoms with Gasteiger partial charge in [-0.2, -0.15) is 5.26 Å². The van der Waals surface area contributed by atoms with Gasteiger partial charge < -0.3 is 5.11 Å². The zero-order chi connectivity index (χ0) is 9.78. The molecule has 0 saturated carbocycles. The summed E-state index contributed by atoms with van der Waals surface area (Å²) in [6.07, 6.45) is 0. The van der Waals surface area contributed by atoms with Gasteiger partial charge in [0.25, 0.3) is 0 Å². The van der Waals surface area contributed by atoms with Crippen molar-refractivity contribution >= 4 is 0 Å². The van der Waals surface area contributed by atoms with Crippen LogP contribution in [0.2, 0.25) is 0 Å². The van der Waals surface area contributed by atoms with E-state index >= 15 is 0 Å². The summed E-state index contributed by atoms with van der Waals surface area (Å²) in [6.45, 7) is 8.66. The second-order valence-corrected chi connectivity index (χ2v) is 3.68. The van der Waals surface area contributed by atoms with Crippen LogP contribution in [0.5, 0.6) is 0 Å². The van der Waals surface area contributed by atoms with E-state index in [1.807, 2.05) is 18.7 Å². The van der Waals surface area contributed by atoms with Crippen LogP contribution in [0.25, 0.3) is 0 Å². The Kier molecular flexibility index (Phi) is 4.22. The van der Waals surface area contributed by atoms with Gasteiger partial charge in [-0.15, -0.1) is 0 Å². The first-order chi connectivity index (χ1) is 5.40. The van der Waals surface area contributed by atoms with Crippen molar-refractivity contribution in [2.75, 3.05) is 13.1 Å². The molecule has 0 radical (unpaired) electrons. The number of hydrogen-bond donors (Lipinski definition) is 1. The molecule has 12 heavy (non-hydrogen) atoms. The van der Waals surface area contributed by atoms with Crippen molar-refractivity contribution in [3.8, 4) is 6.07 Å². The van der Waals surface area contributed by atoms with Gasteiger partial charge in [0.15, 0.2) is 0 Å². The maximum absolute atomic E-state index is 9.51. The number of nitrogens with zero attached hydrogens (tertiary/aromatic N) is 2. The van der Waals surface area contributed by atoms with Gasteiger partial charge >= 0.3 is 0 Å². The zero-order valence-corrected chi connectivity index (χ0v) is 8.33. The molecular weight excluding hydrogens is 152 g/mol. The summed E-state index contributed by atoms with van der Waals surface area (Å²) >= 11 is 0. The topological polar surface area (TPSA) is 47.3 Å². The Morgan fingerprint density at radius 2 is 2.08 bits per heavy atom. The van der Waals surface area contributed by atoms with Crippen molar-refractivity contribution in [2.45, 2.75) is 39.3 Å². The molecule has 0 amide bonds. The summed E-state index contributed by atoms with van der Waals surface area (Å²) < 4.78 is 0. The summed E-state index contributed by atoms with van der Waals surface area (Å²) in [6, 6.07) is 2.03. The Morgan fingerprint density at radius 1 is 1.58 bits per heavy atom. The van der Waals surface area contributed by atoms with Crippen molar-refractivity contribution < 1.29 is 5.11 Å². The van der Waals surface area contributed by atoms with E-state index in [1.165, 1.54) is 0 Å². The third kappa shape index (κ3) is 4.32. The van der Waals surface area contributed by atoms with Gasteiger partial charge in [0.05, 0.1) is 17.7 Å². The second-order valence-electron chi connectivity index (χ2n) is 3.68. The Balaban J connectivity index is 4.11. The molecule has 3 heteroatoms. The lowest BCUT2D eigenvalue weighted by Gasteiger charge is -2.29. The lowest BCUT2D eigenvalue weighted by molar-refractivity contribution is 0.0322. The highest BCUT2D eigenvalue weighted by molar-refractivity contribution is 4.89. The van der Waals surface area contributed by atoms with Gasteiger partial charge in [0.2, 0.25) is 0 Å². The van der Waals surface area contributed by atoms with E-state index in [1.54, 1.807) is 13.8 Å². The Morgan fingerprint density at radius 3 is 2.33 bits per heavy atom. The number of nitriles is 1. The molecule has 0 aliphatic carbocycles. The molecular formula is C9H18N2O. The number of hydrogen-bond acceptors (Lipinski definition) is 3. The monoisotopic (exact) mass is 170 g/mol. The number of rotatable bonds is 4. The minimum absolute atomic E-state index is 0.124. The molecule has 0 fully saturated rings. The average molecular weight is 170 g/mol. The van der Waals surface area contributed by atoms with Gasteiger partial charge in [-0.3, -0.25) is 4.90 Å².